The number of rotatable bonds is 7. The maximum atomic E-state index is 13.4. The topological polar surface area (TPSA) is 126 Å². The van der Waals surface area contributed by atoms with Gasteiger partial charge < -0.3 is 24.7 Å². The van der Waals surface area contributed by atoms with E-state index in [0.29, 0.717) is 39.3 Å². The second kappa shape index (κ2) is 9.46. The molecule has 0 saturated carbocycles. The van der Waals surface area contributed by atoms with Gasteiger partial charge in [0.15, 0.2) is 0 Å². The number of hydrogen-bond acceptors (Lipinski definition) is 5. The van der Waals surface area contributed by atoms with Crippen LogP contribution in [-0.2, 0) is 6.54 Å². The zero-order chi connectivity index (χ0) is 25.3. The van der Waals surface area contributed by atoms with Crippen molar-refractivity contribution in [3.63, 3.8) is 0 Å². The number of benzene rings is 1. The third-order valence-electron chi connectivity index (χ3n) is 6.11. The summed E-state index contributed by atoms with van der Waals surface area (Å²) in [6.45, 7) is 5.50. The van der Waals surface area contributed by atoms with Gasteiger partial charge in [0, 0.05) is 23.0 Å². The zero-order valence-electron chi connectivity index (χ0n) is 19.9. The van der Waals surface area contributed by atoms with Crippen LogP contribution in [0.5, 0.6) is 5.75 Å². The summed E-state index contributed by atoms with van der Waals surface area (Å²) in [4.78, 5) is 44.5. The van der Waals surface area contributed by atoms with Crippen molar-refractivity contribution in [3.8, 4) is 5.75 Å². The molecule has 0 spiro atoms. The van der Waals surface area contributed by atoms with Gasteiger partial charge in [-0.25, -0.2) is 9.78 Å². The van der Waals surface area contributed by atoms with Crippen LogP contribution in [-0.4, -0.2) is 38.6 Å². The van der Waals surface area contributed by atoms with Crippen LogP contribution in [0, 0.1) is 13.8 Å². The normalized spacial score (nSPS) is 11.9. The summed E-state index contributed by atoms with van der Waals surface area (Å²) in [6, 6.07) is 11.7. The van der Waals surface area contributed by atoms with Gasteiger partial charge in [0.2, 0.25) is 0 Å². The lowest BCUT2D eigenvalue weighted by Gasteiger charge is -2.18. The highest BCUT2D eigenvalue weighted by Crippen LogP contribution is 2.31. The van der Waals surface area contributed by atoms with Crippen LogP contribution in [0.4, 0.5) is 0 Å². The molecule has 0 saturated heterocycles. The number of aromatic carboxylic acids is 1. The van der Waals surface area contributed by atoms with E-state index in [1.54, 1.807) is 37.4 Å². The predicted molar refractivity (Wildman–Crippen MR) is 131 cm³/mol. The van der Waals surface area contributed by atoms with Crippen molar-refractivity contribution in [1.82, 2.24) is 19.9 Å². The molecule has 1 atom stereocenters. The molecule has 35 heavy (non-hydrogen) atoms. The second-order valence-corrected chi connectivity index (χ2v) is 8.32. The van der Waals surface area contributed by atoms with E-state index in [4.69, 9.17) is 4.74 Å². The summed E-state index contributed by atoms with van der Waals surface area (Å²) in [5.41, 5.74) is 3.35. The Morgan fingerprint density at radius 3 is 2.69 bits per heavy atom. The predicted octanol–water partition coefficient (Wildman–Crippen LogP) is 3.59. The molecule has 0 radical (unpaired) electrons. The molecule has 3 N–H and O–H groups in total. The minimum atomic E-state index is -1.01. The van der Waals surface area contributed by atoms with E-state index in [9.17, 15) is 19.5 Å². The highest BCUT2D eigenvalue weighted by molar-refractivity contribution is 6.07. The SMILES string of the molecule is COc1cc(C)[nH]c(=O)c1CNC(=O)c1c(C)n(C(C)c2cccc(C(=O)O)c2)c2ncccc12. The summed E-state index contributed by atoms with van der Waals surface area (Å²) in [5, 5.41) is 12.9. The van der Waals surface area contributed by atoms with Crippen molar-refractivity contribution in [1.29, 1.82) is 0 Å². The molecule has 0 aliphatic rings. The standard InChI is InChI=1S/C26H26N4O5/c1-14-11-21(35-4)20(24(31)29-14)13-28-25(32)22-16(3)30(23-19(22)9-6-10-27-23)15(2)17-7-5-8-18(12-17)26(33)34/h5-12,15H,13H2,1-4H3,(H,28,32)(H,29,31)(H,33,34). The number of ether oxygens (including phenoxy) is 1. The van der Waals surface area contributed by atoms with Crippen LogP contribution in [0.1, 0.15) is 56.2 Å². The number of fused-ring (bicyclic) bond motifs is 1. The van der Waals surface area contributed by atoms with Crippen LogP contribution >= 0.6 is 0 Å². The number of carboxylic acids is 1. The lowest BCUT2D eigenvalue weighted by molar-refractivity contribution is 0.0696. The number of methoxy groups -OCH3 is 1. The van der Waals surface area contributed by atoms with Crippen molar-refractivity contribution in [2.24, 2.45) is 0 Å². The fraction of sp³-hybridized carbons (Fsp3) is 0.231. The van der Waals surface area contributed by atoms with Crippen LogP contribution in [0.3, 0.4) is 0 Å². The van der Waals surface area contributed by atoms with Gasteiger partial charge in [0.25, 0.3) is 11.5 Å². The number of pyridine rings is 2. The molecule has 4 rings (SSSR count). The number of nitrogens with one attached hydrogen (secondary N) is 2. The first-order valence-corrected chi connectivity index (χ1v) is 11.1. The Labute approximate surface area is 201 Å². The molecule has 0 aliphatic carbocycles. The Bertz CT molecular complexity index is 1500. The number of aryl methyl sites for hydroxylation is 1. The molecule has 0 aliphatic heterocycles. The molecule has 180 valence electrons. The number of carbonyl (C=O) groups excluding carboxylic acids is 1. The van der Waals surface area contributed by atoms with Crippen molar-refractivity contribution in [2.45, 2.75) is 33.4 Å². The highest BCUT2D eigenvalue weighted by Gasteiger charge is 2.24. The number of hydrogen-bond donors (Lipinski definition) is 3. The number of aromatic nitrogens is 3. The Balaban J connectivity index is 1.73. The van der Waals surface area contributed by atoms with E-state index in [0.717, 1.165) is 5.56 Å². The summed E-state index contributed by atoms with van der Waals surface area (Å²) in [5.74, 6) is -0.958. The third-order valence-corrected chi connectivity index (χ3v) is 6.11. The first-order valence-electron chi connectivity index (χ1n) is 11.1. The van der Waals surface area contributed by atoms with Gasteiger partial charge in [0.1, 0.15) is 11.4 Å². The first-order chi connectivity index (χ1) is 16.7. The van der Waals surface area contributed by atoms with Crippen LogP contribution in [0.15, 0.2) is 53.5 Å². The molecule has 1 aromatic carbocycles. The van der Waals surface area contributed by atoms with Gasteiger partial charge in [0.05, 0.1) is 36.4 Å². The molecule has 9 nitrogen and oxygen atoms in total. The number of aromatic amines is 1. The summed E-state index contributed by atoms with van der Waals surface area (Å²) in [7, 11) is 1.48. The molecular formula is C26H26N4O5. The summed E-state index contributed by atoms with van der Waals surface area (Å²) < 4.78 is 7.24. The largest absolute Gasteiger partial charge is 0.496 e. The number of nitrogens with zero attached hydrogens (tertiary/aromatic N) is 2. The Morgan fingerprint density at radius 2 is 1.97 bits per heavy atom. The molecule has 0 fully saturated rings. The van der Waals surface area contributed by atoms with E-state index in [1.807, 2.05) is 30.5 Å². The molecule has 4 aromatic rings. The monoisotopic (exact) mass is 474 g/mol. The maximum absolute atomic E-state index is 13.4. The average molecular weight is 475 g/mol. The highest BCUT2D eigenvalue weighted by atomic mass is 16.5. The van der Waals surface area contributed by atoms with Crippen molar-refractivity contribution >= 4 is 22.9 Å². The summed E-state index contributed by atoms with van der Waals surface area (Å²) >= 11 is 0. The third kappa shape index (κ3) is 4.40. The zero-order valence-corrected chi connectivity index (χ0v) is 19.9. The number of H-pyrrole nitrogens is 1. The van der Waals surface area contributed by atoms with E-state index in [2.05, 4.69) is 15.3 Å². The second-order valence-electron chi connectivity index (χ2n) is 8.32. The van der Waals surface area contributed by atoms with Gasteiger partial charge in [-0.1, -0.05) is 12.1 Å². The maximum Gasteiger partial charge on any atom is 0.335 e. The fourth-order valence-electron chi connectivity index (χ4n) is 4.39. The number of carbonyl (C=O) groups is 2. The average Bonchev–Trinajstić information content (AvgIpc) is 3.14. The quantitative estimate of drug-likeness (QED) is 0.376. The van der Waals surface area contributed by atoms with Crippen LogP contribution in [0.2, 0.25) is 0 Å². The van der Waals surface area contributed by atoms with Crippen molar-refractivity contribution in [3.05, 3.63) is 92.7 Å². The Hall–Kier alpha value is -4.40. The van der Waals surface area contributed by atoms with Crippen LogP contribution < -0.4 is 15.6 Å². The lowest BCUT2D eigenvalue weighted by atomic mass is 10.0. The summed E-state index contributed by atoms with van der Waals surface area (Å²) in [6.07, 6.45) is 1.65. The number of amides is 1. The Morgan fingerprint density at radius 1 is 1.20 bits per heavy atom. The van der Waals surface area contributed by atoms with Gasteiger partial charge in [-0.3, -0.25) is 9.59 Å². The molecule has 1 amide bonds. The minimum Gasteiger partial charge on any atom is -0.496 e. The molecule has 9 heteroatoms. The first kappa shape index (κ1) is 23.7. The number of carboxylic acid groups (broad SMARTS) is 1. The van der Waals surface area contributed by atoms with Gasteiger partial charge in [-0.05, 0) is 56.7 Å². The van der Waals surface area contributed by atoms with Crippen LogP contribution in [0.25, 0.3) is 11.0 Å². The lowest BCUT2D eigenvalue weighted by Crippen LogP contribution is -2.28. The minimum absolute atomic E-state index is 0.0137. The van der Waals surface area contributed by atoms with E-state index >= 15 is 0 Å². The van der Waals surface area contributed by atoms with Crippen molar-refractivity contribution in [2.75, 3.05) is 7.11 Å². The Kier molecular flexibility index (Phi) is 6.42. The smallest absolute Gasteiger partial charge is 0.335 e. The molecule has 3 aromatic heterocycles. The molecule has 0 bridgehead atoms. The van der Waals surface area contributed by atoms with Gasteiger partial charge in [-0.2, -0.15) is 0 Å². The fourth-order valence-corrected chi connectivity index (χ4v) is 4.39. The molecular weight excluding hydrogens is 448 g/mol. The molecule has 3 heterocycles. The van der Waals surface area contributed by atoms with E-state index in [1.165, 1.54) is 13.2 Å². The van der Waals surface area contributed by atoms with Gasteiger partial charge >= 0.3 is 5.97 Å². The van der Waals surface area contributed by atoms with E-state index < -0.39 is 5.97 Å². The van der Waals surface area contributed by atoms with Crippen molar-refractivity contribution < 1.29 is 19.4 Å². The van der Waals surface area contributed by atoms with E-state index in [-0.39, 0.29) is 29.6 Å². The van der Waals surface area contributed by atoms with Gasteiger partial charge in [-0.15, -0.1) is 0 Å². The molecule has 1 unspecified atom stereocenters.